The number of hydrogen-bond acceptors (Lipinski definition) is 7. The zero-order chi connectivity index (χ0) is 23.4. The molecule has 1 saturated heterocycles. The van der Waals surface area contributed by atoms with Crippen LogP contribution in [0, 0.1) is 36.2 Å². The Labute approximate surface area is 194 Å². The quantitative estimate of drug-likeness (QED) is 0.569. The van der Waals surface area contributed by atoms with Crippen LogP contribution in [0.4, 0.5) is 24.9 Å². The van der Waals surface area contributed by atoms with Gasteiger partial charge in [0.2, 0.25) is 11.8 Å². The summed E-state index contributed by atoms with van der Waals surface area (Å²) in [6.07, 6.45) is 3.80. The molecule has 1 aromatic carbocycles. The molecule has 3 aromatic rings. The van der Waals surface area contributed by atoms with E-state index in [-0.39, 0.29) is 11.8 Å². The van der Waals surface area contributed by atoms with Crippen LogP contribution in [0.5, 0.6) is 5.75 Å². The predicted octanol–water partition coefficient (Wildman–Crippen LogP) is 3.64. The van der Waals surface area contributed by atoms with Crippen LogP contribution in [0.2, 0.25) is 0 Å². The fourth-order valence-corrected chi connectivity index (χ4v) is 5.46. The van der Waals surface area contributed by atoms with Gasteiger partial charge in [-0.15, -0.1) is 5.10 Å². The van der Waals surface area contributed by atoms with Crippen molar-refractivity contribution in [2.75, 3.05) is 23.3 Å². The van der Waals surface area contributed by atoms with Crippen molar-refractivity contribution in [1.29, 1.82) is 0 Å². The number of ether oxygens (including phenoxy) is 1. The molecular formula is C23H24F3N7O. The molecule has 4 heterocycles. The largest absolute Gasteiger partial charge is 0.479 e. The smallest absolute Gasteiger partial charge is 0.242 e. The van der Waals surface area contributed by atoms with E-state index in [2.05, 4.69) is 30.3 Å². The van der Waals surface area contributed by atoms with Gasteiger partial charge in [0.25, 0.3) is 0 Å². The molecule has 3 aliphatic rings. The second-order valence-corrected chi connectivity index (χ2v) is 9.28. The van der Waals surface area contributed by atoms with Crippen molar-refractivity contribution < 1.29 is 17.9 Å². The number of rotatable bonds is 5. The van der Waals surface area contributed by atoms with Crippen LogP contribution >= 0.6 is 0 Å². The molecule has 0 spiro atoms. The maximum absolute atomic E-state index is 14.1. The minimum absolute atomic E-state index is 0.255. The van der Waals surface area contributed by atoms with E-state index in [0.29, 0.717) is 36.6 Å². The Morgan fingerprint density at radius 1 is 1.03 bits per heavy atom. The number of piperidine rings is 1. The van der Waals surface area contributed by atoms with Crippen molar-refractivity contribution >= 4 is 11.8 Å². The number of nitrogens with zero attached hydrogens (tertiary/aromatic N) is 6. The SMILES string of the molecule is Cc1cc(N2C[C@H]3CC[C@@H](C2)[C@@H]3Nc2nc3n(n2)CC[C@@H]3Oc2ccc(F)c(F)c2F)ncn1. The van der Waals surface area contributed by atoms with Crippen molar-refractivity contribution in [3.8, 4) is 5.75 Å². The Kier molecular flexibility index (Phi) is 5.07. The van der Waals surface area contributed by atoms with Gasteiger partial charge in [-0.2, -0.15) is 9.37 Å². The topological polar surface area (TPSA) is 81.0 Å². The first-order chi connectivity index (χ1) is 16.5. The van der Waals surface area contributed by atoms with Crippen LogP contribution in [-0.4, -0.2) is 43.9 Å². The molecule has 6 rings (SSSR count). The average molecular weight is 471 g/mol. The monoisotopic (exact) mass is 471 g/mol. The fraction of sp³-hybridized carbons (Fsp3) is 0.478. The molecule has 2 aliphatic heterocycles. The standard InChI is InChI=1S/C23H24F3N7O/c1-12-8-18(28-11-27-12)32-9-13-2-3-14(10-32)21(13)29-23-30-22-17(6-7-33(22)31-23)34-16-5-4-15(24)19(25)20(16)26/h4-5,8,11,13-14,17,21H,2-3,6-7,9-10H2,1H3,(H,29,31)/t13-,14+,17-,21-/m0/s1. The molecule has 0 radical (unpaired) electrons. The molecule has 4 atom stereocenters. The van der Waals surface area contributed by atoms with E-state index in [9.17, 15) is 13.2 Å². The first-order valence-electron chi connectivity index (χ1n) is 11.5. The van der Waals surface area contributed by atoms with Gasteiger partial charge in [0.15, 0.2) is 29.3 Å². The number of aromatic nitrogens is 5. The highest BCUT2D eigenvalue weighted by atomic mass is 19.2. The van der Waals surface area contributed by atoms with Crippen molar-refractivity contribution in [2.24, 2.45) is 11.8 Å². The molecule has 8 nitrogen and oxygen atoms in total. The summed E-state index contributed by atoms with van der Waals surface area (Å²) in [5, 5.41) is 8.10. The molecule has 0 amide bonds. The lowest BCUT2D eigenvalue weighted by Crippen LogP contribution is -2.48. The van der Waals surface area contributed by atoms with Gasteiger partial charge < -0.3 is 15.0 Å². The molecule has 1 aliphatic carbocycles. The zero-order valence-electron chi connectivity index (χ0n) is 18.6. The van der Waals surface area contributed by atoms with Crippen LogP contribution in [0.15, 0.2) is 24.5 Å². The van der Waals surface area contributed by atoms with E-state index in [1.54, 1.807) is 11.0 Å². The van der Waals surface area contributed by atoms with Gasteiger partial charge in [-0.05, 0) is 43.7 Å². The number of hydrogen-bond donors (Lipinski definition) is 1. The van der Waals surface area contributed by atoms with Gasteiger partial charge in [-0.25, -0.2) is 23.4 Å². The van der Waals surface area contributed by atoms with Crippen molar-refractivity contribution in [1.82, 2.24) is 24.7 Å². The van der Waals surface area contributed by atoms with Gasteiger partial charge in [0.05, 0.1) is 0 Å². The van der Waals surface area contributed by atoms with E-state index in [1.807, 2.05) is 13.0 Å². The van der Waals surface area contributed by atoms with Crippen molar-refractivity contribution in [3.05, 3.63) is 53.5 Å². The summed E-state index contributed by atoms with van der Waals surface area (Å²) in [6, 6.07) is 4.22. The van der Waals surface area contributed by atoms with Crippen molar-refractivity contribution in [2.45, 2.75) is 44.9 Å². The van der Waals surface area contributed by atoms with Gasteiger partial charge in [-0.1, -0.05) is 0 Å². The van der Waals surface area contributed by atoms with E-state index in [4.69, 9.17) is 4.74 Å². The molecule has 1 N–H and O–H groups in total. The molecule has 0 unspecified atom stereocenters. The van der Waals surface area contributed by atoms with E-state index in [1.165, 1.54) is 0 Å². The van der Waals surface area contributed by atoms with Crippen LogP contribution in [0.25, 0.3) is 0 Å². The normalized spacial score (nSPS) is 25.5. The Morgan fingerprint density at radius 2 is 1.82 bits per heavy atom. The Morgan fingerprint density at radius 3 is 2.59 bits per heavy atom. The average Bonchev–Trinajstić information content (AvgIpc) is 3.45. The molecular weight excluding hydrogens is 447 g/mol. The Bertz CT molecular complexity index is 1220. The molecule has 1 saturated carbocycles. The van der Waals surface area contributed by atoms with Crippen LogP contribution in [0.1, 0.15) is 36.9 Å². The lowest BCUT2D eigenvalue weighted by molar-refractivity contribution is 0.191. The van der Waals surface area contributed by atoms with Crippen LogP contribution in [0.3, 0.4) is 0 Å². The molecule has 2 aromatic heterocycles. The summed E-state index contributed by atoms with van der Waals surface area (Å²) in [5.41, 5.74) is 0.953. The highest BCUT2D eigenvalue weighted by Crippen LogP contribution is 2.40. The summed E-state index contributed by atoms with van der Waals surface area (Å²) in [5.74, 6) is -1.55. The number of fused-ring (bicyclic) bond motifs is 3. The zero-order valence-corrected chi connectivity index (χ0v) is 18.6. The molecule has 34 heavy (non-hydrogen) atoms. The number of anilines is 2. The number of benzene rings is 1. The lowest BCUT2D eigenvalue weighted by atomic mass is 9.92. The minimum atomic E-state index is -1.54. The summed E-state index contributed by atoms with van der Waals surface area (Å²) in [4.78, 5) is 15.6. The highest BCUT2D eigenvalue weighted by Gasteiger charge is 2.43. The second-order valence-electron chi connectivity index (χ2n) is 9.28. The summed E-state index contributed by atoms with van der Waals surface area (Å²) >= 11 is 0. The van der Waals surface area contributed by atoms with E-state index < -0.39 is 23.6 Å². The Balaban J connectivity index is 1.15. The van der Waals surface area contributed by atoms with Crippen LogP contribution < -0.4 is 15.0 Å². The first kappa shape index (κ1) is 21.2. The van der Waals surface area contributed by atoms with Gasteiger partial charge in [0, 0.05) is 43.9 Å². The number of aryl methyl sites for hydroxylation is 2. The molecule has 2 bridgehead atoms. The Hall–Kier alpha value is -3.37. The molecule has 2 fully saturated rings. The maximum atomic E-state index is 14.1. The summed E-state index contributed by atoms with van der Waals surface area (Å²) < 4.78 is 48.3. The maximum Gasteiger partial charge on any atom is 0.242 e. The van der Waals surface area contributed by atoms with E-state index in [0.717, 1.165) is 49.6 Å². The minimum Gasteiger partial charge on any atom is -0.479 e. The molecule has 178 valence electrons. The molecule has 11 heteroatoms. The predicted molar refractivity (Wildman–Crippen MR) is 117 cm³/mol. The van der Waals surface area contributed by atoms with Crippen molar-refractivity contribution in [3.63, 3.8) is 0 Å². The summed E-state index contributed by atoms with van der Waals surface area (Å²) in [7, 11) is 0. The number of nitrogens with one attached hydrogen (secondary N) is 1. The third kappa shape index (κ3) is 3.63. The van der Waals surface area contributed by atoms with Gasteiger partial charge >= 0.3 is 0 Å². The third-order valence-electron chi connectivity index (χ3n) is 7.10. The second kappa shape index (κ2) is 8.14. The fourth-order valence-electron chi connectivity index (χ4n) is 5.46. The number of halogens is 3. The first-order valence-corrected chi connectivity index (χ1v) is 11.5. The van der Waals surface area contributed by atoms with Crippen LogP contribution in [-0.2, 0) is 6.54 Å². The lowest BCUT2D eigenvalue weighted by Gasteiger charge is -2.38. The third-order valence-corrected chi connectivity index (χ3v) is 7.10. The van der Waals surface area contributed by atoms with Gasteiger partial charge in [-0.3, -0.25) is 0 Å². The van der Waals surface area contributed by atoms with Gasteiger partial charge in [0.1, 0.15) is 12.1 Å². The highest BCUT2D eigenvalue weighted by molar-refractivity contribution is 5.41. The van der Waals surface area contributed by atoms with E-state index >= 15 is 0 Å². The summed E-state index contributed by atoms with van der Waals surface area (Å²) in [6.45, 7) is 4.33.